The van der Waals surface area contributed by atoms with Crippen molar-refractivity contribution in [2.45, 2.75) is 11.8 Å². The van der Waals surface area contributed by atoms with Crippen molar-refractivity contribution in [3.05, 3.63) is 54.1 Å². The predicted molar refractivity (Wildman–Crippen MR) is 97.1 cm³/mol. The number of rotatable bonds is 6. The summed E-state index contributed by atoms with van der Waals surface area (Å²) in [5.41, 5.74) is 1.80. The lowest BCUT2D eigenvalue weighted by molar-refractivity contribution is 0.207. The fourth-order valence-corrected chi connectivity index (χ4v) is 2.57. The molecule has 1 atom stereocenters. The topological polar surface area (TPSA) is 58.6 Å². The maximum atomic E-state index is 12.2. The molecule has 24 heavy (non-hydrogen) atoms. The zero-order chi connectivity index (χ0) is 17.5. The van der Waals surface area contributed by atoms with E-state index in [1.807, 2.05) is 31.2 Å². The van der Waals surface area contributed by atoms with Crippen LogP contribution in [0.3, 0.4) is 0 Å². The molecule has 0 fully saturated rings. The van der Waals surface area contributed by atoms with Gasteiger partial charge in [0.05, 0.1) is 6.54 Å². The molecule has 0 aliphatic carbocycles. The first kappa shape index (κ1) is 18.0. The summed E-state index contributed by atoms with van der Waals surface area (Å²) in [7, 11) is 0.627. The summed E-state index contributed by atoms with van der Waals surface area (Å²) in [5, 5.41) is 2.79. The van der Waals surface area contributed by atoms with E-state index in [2.05, 4.69) is 5.32 Å². The minimum Gasteiger partial charge on any atom is -0.492 e. The number of nitrogens with zero attached hydrogens (tertiary/aromatic N) is 1. The quantitative estimate of drug-likeness (QED) is 0.873. The Morgan fingerprint density at radius 1 is 1.21 bits per heavy atom. The molecule has 0 aliphatic heterocycles. The highest BCUT2D eigenvalue weighted by Crippen LogP contribution is 2.14. The molecule has 0 heterocycles. The zero-order valence-corrected chi connectivity index (χ0v) is 14.9. The van der Waals surface area contributed by atoms with Gasteiger partial charge in [-0.2, -0.15) is 0 Å². The van der Waals surface area contributed by atoms with Crippen LogP contribution in [0.2, 0.25) is 0 Å². The van der Waals surface area contributed by atoms with Gasteiger partial charge in [0.2, 0.25) is 0 Å². The number of anilines is 1. The SMILES string of the molecule is Cc1ccc(OCCN(C)C(=O)Nc2cccc(S(C)=O)c2)cc1. The monoisotopic (exact) mass is 346 g/mol. The Labute approximate surface area is 145 Å². The van der Waals surface area contributed by atoms with Crippen LogP contribution in [0.4, 0.5) is 10.5 Å². The van der Waals surface area contributed by atoms with Gasteiger partial charge < -0.3 is 15.0 Å². The molecule has 6 heteroatoms. The number of ether oxygens (including phenoxy) is 1. The van der Waals surface area contributed by atoms with Gasteiger partial charge in [-0.3, -0.25) is 4.21 Å². The van der Waals surface area contributed by atoms with Gasteiger partial charge >= 0.3 is 6.03 Å². The molecule has 128 valence electrons. The average molecular weight is 346 g/mol. The minimum absolute atomic E-state index is 0.235. The highest BCUT2D eigenvalue weighted by molar-refractivity contribution is 7.84. The van der Waals surface area contributed by atoms with Crippen molar-refractivity contribution in [1.29, 1.82) is 0 Å². The third-order valence-electron chi connectivity index (χ3n) is 3.48. The smallest absolute Gasteiger partial charge is 0.321 e. The normalized spacial score (nSPS) is 11.6. The van der Waals surface area contributed by atoms with Crippen LogP contribution in [0.1, 0.15) is 5.56 Å². The van der Waals surface area contributed by atoms with Crippen molar-refractivity contribution in [2.75, 3.05) is 31.8 Å². The molecule has 0 aliphatic rings. The molecule has 5 nitrogen and oxygen atoms in total. The summed E-state index contributed by atoms with van der Waals surface area (Å²) < 4.78 is 17.1. The summed E-state index contributed by atoms with van der Waals surface area (Å²) in [5.74, 6) is 0.785. The lowest BCUT2D eigenvalue weighted by Crippen LogP contribution is -2.34. The molecule has 2 aromatic rings. The highest BCUT2D eigenvalue weighted by atomic mass is 32.2. The van der Waals surface area contributed by atoms with E-state index in [4.69, 9.17) is 4.74 Å². The number of likely N-dealkylation sites (N-methyl/N-ethyl adjacent to an activating group) is 1. The summed E-state index contributed by atoms with van der Waals surface area (Å²) >= 11 is 0. The number of amides is 2. The van der Waals surface area contributed by atoms with E-state index in [-0.39, 0.29) is 6.03 Å². The number of hydrogen-bond donors (Lipinski definition) is 1. The summed E-state index contributed by atoms with van der Waals surface area (Å²) in [4.78, 5) is 14.4. The van der Waals surface area contributed by atoms with Gasteiger partial charge in [0.15, 0.2) is 0 Å². The van der Waals surface area contributed by atoms with Crippen molar-refractivity contribution in [3.8, 4) is 5.75 Å². The van der Waals surface area contributed by atoms with E-state index in [0.717, 1.165) is 5.75 Å². The first-order valence-electron chi connectivity index (χ1n) is 7.61. The Kier molecular flexibility index (Phi) is 6.37. The number of nitrogens with one attached hydrogen (secondary N) is 1. The largest absolute Gasteiger partial charge is 0.492 e. The van der Waals surface area contributed by atoms with Gasteiger partial charge in [0, 0.05) is 34.7 Å². The Morgan fingerprint density at radius 3 is 2.58 bits per heavy atom. The number of carbonyl (C=O) groups is 1. The maximum Gasteiger partial charge on any atom is 0.321 e. The molecule has 2 rings (SSSR count). The Bertz CT molecular complexity index is 716. The number of urea groups is 1. The standard InChI is InChI=1S/C18H22N2O3S/c1-14-7-9-16(10-8-14)23-12-11-20(2)18(21)19-15-5-4-6-17(13-15)24(3)22/h4-10,13H,11-12H2,1-3H3,(H,19,21). The third kappa shape index (κ3) is 5.38. The number of carbonyl (C=O) groups excluding carboxylic acids is 1. The fraction of sp³-hybridized carbons (Fsp3) is 0.278. The van der Waals surface area contributed by atoms with Crippen LogP contribution in [-0.4, -0.2) is 41.6 Å². The molecule has 0 saturated carbocycles. The summed E-state index contributed by atoms with van der Waals surface area (Å²) in [6.07, 6.45) is 1.61. The van der Waals surface area contributed by atoms with Crippen LogP contribution >= 0.6 is 0 Å². The minimum atomic E-state index is -1.08. The van der Waals surface area contributed by atoms with Gasteiger partial charge in [-0.15, -0.1) is 0 Å². The van der Waals surface area contributed by atoms with Crippen LogP contribution in [0.5, 0.6) is 5.75 Å². The molecule has 2 aromatic carbocycles. The second-order valence-corrected chi connectivity index (χ2v) is 6.87. The summed E-state index contributed by atoms with van der Waals surface area (Å²) in [6.45, 7) is 2.89. The van der Waals surface area contributed by atoms with Gasteiger partial charge in [-0.25, -0.2) is 4.79 Å². The molecule has 1 unspecified atom stereocenters. The predicted octanol–water partition coefficient (Wildman–Crippen LogP) is 3.28. The van der Waals surface area contributed by atoms with Crippen molar-refractivity contribution >= 4 is 22.5 Å². The maximum absolute atomic E-state index is 12.2. The van der Waals surface area contributed by atoms with E-state index in [1.165, 1.54) is 5.56 Å². The second-order valence-electron chi connectivity index (χ2n) is 5.50. The lowest BCUT2D eigenvalue weighted by atomic mass is 10.2. The van der Waals surface area contributed by atoms with Crippen molar-refractivity contribution in [2.24, 2.45) is 0 Å². The Morgan fingerprint density at radius 2 is 1.92 bits per heavy atom. The molecule has 1 N–H and O–H groups in total. The first-order chi connectivity index (χ1) is 11.5. The van der Waals surface area contributed by atoms with E-state index < -0.39 is 10.8 Å². The van der Waals surface area contributed by atoms with Crippen LogP contribution in [-0.2, 0) is 10.8 Å². The molecule has 0 saturated heterocycles. The Balaban J connectivity index is 1.82. The van der Waals surface area contributed by atoms with E-state index in [9.17, 15) is 9.00 Å². The van der Waals surface area contributed by atoms with Gasteiger partial charge in [0.25, 0.3) is 0 Å². The number of aryl methyl sites for hydroxylation is 1. The van der Waals surface area contributed by atoms with Crippen molar-refractivity contribution < 1.29 is 13.7 Å². The van der Waals surface area contributed by atoms with Crippen molar-refractivity contribution in [1.82, 2.24) is 4.90 Å². The fourth-order valence-electron chi connectivity index (χ4n) is 2.01. The average Bonchev–Trinajstić information content (AvgIpc) is 2.56. The van der Waals surface area contributed by atoms with E-state index in [1.54, 1.807) is 42.5 Å². The molecule has 0 bridgehead atoms. The number of hydrogen-bond acceptors (Lipinski definition) is 3. The van der Waals surface area contributed by atoms with Gasteiger partial charge in [0.1, 0.15) is 12.4 Å². The molecular formula is C18H22N2O3S. The van der Waals surface area contributed by atoms with Crippen LogP contribution in [0.15, 0.2) is 53.4 Å². The second kappa shape index (κ2) is 8.49. The highest BCUT2D eigenvalue weighted by Gasteiger charge is 2.09. The zero-order valence-electron chi connectivity index (χ0n) is 14.1. The molecule has 0 spiro atoms. The van der Waals surface area contributed by atoms with Crippen molar-refractivity contribution in [3.63, 3.8) is 0 Å². The van der Waals surface area contributed by atoms with Gasteiger partial charge in [-0.1, -0.05) is 23.8 Å². The Hall–Kier alpha value is -2.34. The first-order valence-corrected chi connectivity index (χ1v) is 9.16. The molecule has 0 aromatic heterocycles. The third-order valence-corrected chi connectivity index (χ3v) is 4.40. The lowest BCUT2D eigenvalue weighted by Gasteiger charge is -2.18. The number of benzene rings is 2. The molecule has 0 radical (unpaired) electrons. The van der Waals surface area contributed by atoms with E-state index in [0.29, 0.717) is 23.7 Å². The van der Waals surface area contributed by atoms with Crippen LogP contribution in [0, 0.1) is 6.92 Å². The van der Waals surface area contributed by atoms with Crippen LogP contribution in [0.25, 0.3) is 0 Å². The van der Waals surface area contributed by atoms with Crippen LogP contribution < -0.4 is 10.1 Å². The van der Waals surface area contributed by atoms with Gasteiger partial charge in [-0.05, 0) is 37.3 Å². The van der Waals surface area contributed by atoms with E-state index >= 15 is 0 Å². The summed E-state index contributed by atoms with van der Waals surface area (Å²) in [6, 6.07) is 14.6. The molecular weight excluding hydrogens is 324 g/mol. The molecule has 2 amide bonds.